The largest absolute Gasteiger partial charge is 0.494 e. The number of esters is 1. The highest BCUT2D eigenvalue weighted by molar-refractivity contribution is 6.05. The van der Waals surface area contributed by atoms with Crippen LogP contribution in [0.3, 0.4) is 0 Å². The van der Waals surface area contributed by atoms with Gasteiger partial charge in [-0.1, -0.05) is 57.2 Å². The van der Waals surface area contributed by atoms with Gasteiger partial charge in [0, 0.05) is 31.1 Å². The molecule has 0 unspecified atom stereocenters. The molecule has 0 aliphatic rings. The van der Waals surface area contributed by atoms with E-state index in [1.165, 1.54) is 18.6 Å². The predicted molar refractivity (Wildman–Crippen MR) is 144 cm³/mol. The van der Waals surface area contributed by atoms with E-state index in [0.717, 1.165) is 11.3 Å². The Morgan fingerprint density at radius 3 is 2.30 bits per heavy atom. The summed E-state index contributed by atoms with van der Waals surface area (Å²) in [4.78, 5) is 36.3. The maximum atomic E-state index is 12.7. The first-order chi connectivity index (χ1) is 17.6. The first kappa shape index (κ1) is 27.5. The molecule has 0 fully saturated rings. The summed E-state index contributed by atoms with van der Waals surface area (Å²) in [5.41, 5.74) is 3.05. The third-order valence-electron chi connectivity index (χ3n) is 5.64. The minimum atomic E-state index is -0.458. The monoisotopic (exact) mass is 502 g/mol. The maximum absolute atomic E-state index is 12.7. The number of amides is 2. The standard InChI is InChI=1S/C30H34N2O5/c1-21(33)37-26-11-7-10-22(19-26)29(35)32-27-12-6-5-9-23(27)20-31-28(34)13-8-18-36-25-16-14-24(15-17-25)30(2,3)4/h5-7,9-12,14-17,19H,8,13,18,20H2,1-4H3,(H,31,34)(H,32,35). The second kappa shape index (κ2) is 12.7. The Hall–Kier alpha value is -4.13. The van der Waals surface area contributed by atoms with E-state index >= 15 is 0 Å². The fourth-order valence-electron chi connectivity index (χ4n) is 3.61. The first-order valence-electron chi connectivity index (χ1n) is 12.3. The lowest BCUT2D eigenvalue weighted by atomic mass is 9.87. The lowest BCUT2D eigenvalue weighted by Gasteiger charge is -2.19. The predicted octanol–water partition coefficient (Wildman–Crippen LogP) is 5.64. The van der Waals surface area contributed by atoms with Crippen molar-refractivity contribution in [3.63, 3.8) is 0 Å². The number of rotatable bonds is 10. The van der Waals surface area contributed by atoms with E-state index in [-0.39, 0.29) is 23.8 Å². The molecule has 194 valence electrons. The number of ether oxygens (including phenoxy) is 2. The highest BCUT2D eigenvalue weighted by Crippen LogP contribution is 2.24. The van der Waals surface area contributed by atoms with Crippen molar-refractivity contribution in [3.8, 4) is 11.5 Å². The van der Waals surface area contributed by atoms with Crippen LogP contribution in [-0.2, 0) is 21.5 Å². The fraction of sp³-hybridized carbons (Fsp3) is 0.300. The Morgan fingerprint density at radius 2 is 1.59 bits per heavy atom. The Kier molecular flexibility index (Phi) is 9.44. The van der Waals surface area contributed by atoms with Gasteiger partial charge in [0.05, 0.1) is 6.61 Å². The first-order valence-corrected chi connectivity index (χ1v) is 12.3. The Labute approximate surface area is 218 Å². The van der Waals surface area contributed by atoms with Gasteiger partial charge in [-0.25, -0.2) is 0 Å². The zero-order chi connectivity index (χ0) is 26.8. The molecule has 2 N–H and O–H groups in total. The van der Waals surface area contributed by atoms with Gasteiger partial charge in [0.2, 0.25) is 5.91 Å². The molecule has 0 radical (unpaired) electrons. The van der Waals surface area contributed by atoms with Gasteiger partial charge in [-0.2, -0.15) is 0 Å². The van der Waals surface area contributed by atoms with Crippen molar-refractivity contribution >= 4 is 23.5 Å². The van der Waals surface area contributed by atoms with E-state index in [0.29, 0.717) is 36.4 Å². The molecule has 0 atom stereocenters. The number of nitrogens with one attached hydrogen (secondary N) is 2. The van der Waals surface area contributed by atoms with Crippen LogP contribution in [0.25, 0.3) is 0 Å². The van der Waals surface area contributed by atoms with E-state index in [1.54, 1.807) is 24.3 Å². The summed E-state index contributed by atoms with van der Waals surface area (Å²) in [6.45, 7) is 8.52. The Balaban J connectivity index is 1.46. The van der Waals surface area contributed by atoms with Crippen LogP contribution in [0.1, 0.15) is 62.0 Å². The number of anilines is 1. The minimum Gasteiger partial charge on any atom is -0.494 e. The molecule has 3 aromatic rings. The van der Waals surface area contributed by atoms with Crippen LogP contribution in [0.15, 0.2) is 72.8 Å². The lowest BCUT2D eigenvalue weighted by molar-refractivity contribution is -0.131. The summed E-state index contributed by atoms with van der Waals surface area (Å²) in [7, 11) is 0. The molecule has 0 saturated carbocycles. The Morgan fingerprint density at radius 1 is 0.865 bits per heavy atom. The second-order valence-corrected chi connectivity index (χ2v) is 9.74. The number of carbonyl (C=O) groups excluding carboxylic acids is 3. The van der Waals surface area contributed by atoms with Crippen LogP contribution in [0, 0.1) is 0 Å². The quantitative estimate of drug-likeness (QED) is 0.213. The summed E-state index contributed by atoms with van der Waals surface area (Å²) in [6.07, 6.45) is 0.918. The second-order valence-electron chi connectivity index (χ2n) is 9.74. The van der Waals surface area contributed by atoms with Crippen LogP contribution in [-0.4, -0.2) is 24.4 Å². The molecule has 0 spiro atoms. The highest BCUT2D eigenvalue weighted by Gasteiger charge is 2.13. The maximum Gasteiger partial charge on any atom is 0.308 e. The van der Waals surface area contributed by atoms with Crippen LogP contribution in [0.4, 0.5) is 5.69 Å². The lowest BCUT2D eigenvalue weighted by Crippen LogP contribution is -2.24. The van der Waals surface area contributed by atoms with Crippen molar-refractivity contribution in [2.24, 2.45) is 0 Å². The summed E-state index contributed by atoms with van der Waals surface area (Å²) in [5.74, 6) is 0.186. The molecule has 3 aromatic carbocycles. The zero-order valence-corrected chi connectivity index (χ0v) is 21.8. The molecule has 0 aliphatic carbocycles. The molecular formula is C30H34N2O5. The average Bonchev–Trinajstić information content (AvgIpc) is 2.85. The van der Waals surface area contributed by atoms with Crippen LogP contribution >= 0.6 is 0 Å². The molecule has 0 heterocycles. The van der Waals surface area contributed by atoms with Crippen molar-refractivity contribution in [2.45, 2.75) is 52.5 Å². The Bertz CT molecular complexity index is 1230. The molecule has 0 saturated heterocycles. The van der Waals surface area contributed by atoms with Gasteiger partial charge in [-0.05, 0) is 59.4 Å². The number of carbonyl (C=O) groups is 3. The molecule has 7 nitrogen and oxygen atoms in total. The molecular weight excluding hydrogens is 468 g/mol. The SMILES string of the molecule is CC(=O)Oc1cccc(C(=O)Nc2ccccc2CNC(=O)CCCOc2ccc(C(C)(C)C)cc2)c1. The average molecular weight is 503 g/mol. The van der Waals surface area contributed by atoms with Crippen molar-refractivity contribution in [3.05, 3.63) is 89.5 Å². The van der Waals surface area contributed by atoms with Crippen molar-refractivity contribution in [1.29, 1.82) is 0 Å². The highest BCUT2D eigenvalue weighted by atomic mass is 16.5. The zero-order valence-electron chi connectivity index (χ0n) is 21.8. The number of para-hydroxylation sites is 1. The van der Waals surface area contributed by atoms with E-state index in [9.17, 15) is 14.4 Å². The van der Waals surface area contributed by atoms with Gasteiger partial charge < -0.3 is 20.1 Å². The van der Waals surface area contributed by atoms with Crippen LogP contribution in [0.2, 0.25) is 0 Å². The molecule has 7 heteroatoms. The van der Waals surface area contributed by atoms with Gasteiger partial charge in [-0.3, -0.25) is 14.4 Å². The minimum absolute atomic E-state index is 0.0916. The molecule has 0 bridgehead atoms. The number of benzene rings is 3. The van der Waals surface area contributed by atoms with Crippen molar-refractivity contribution in [1.82, 2.24) is 5.32 Å². The normalized spacial score (nSPS) is 10.9. The van der Waals surface area contributed by atoms with Crippen LogP contribution < -0.4 is 20.1 Å². The van der Waals surface area contributed by atoms with E-state index in [4.69, 9.17) is 9.47 Å². The smallest absolute Gasteiger partial charge is 0.308 e. The van der Waals surface area contributed by atoms with Crippen molar-refractivity contribution < 1.29 is 23.9 Å². The molecule has 37 heavy (non-hydrogen) atoms. The van der Waals surface area contributed by atoms with Crippen LogP contribution in [0.5, 0.6) is 11.5 Å². The molecule has 2 amide bonds. The summed E-state index contributed by atoms with van der Waals surface area (Å²) in [6, 6.07) is 21.7. The van der Waals surface area contributed by atoms with E-state index < -0.39 is 5.97 Å². The van der Waals surface area contributed by atoms with Crippen molar-refractivity contribution in [2.75, 3.05) is 11.9 Å². The fourth-order valence-corrected chi connectivity index (χ4v) is 3.61. The number of hydrogen-bond donors (Lipinski definition) is 2. The van der Waals surface area contributed by atoms with Gasteiger partial charge in [0.25, 0.3) is 5.91 Å². The summed E-state index contributed by atoms with van der Waals surface area (Å²) < 4.78 is 10.8. The van der Waals surface area contributed by atoms with Gasteiger partial charge in [0.15, 0.2) is 0 Å². The third-order valence-corrected chi connectivity index (χ3v) is 5.64. The van der Waals surface area contributed by atoms with Gasteiger partial charge >= 0.3 is 5.97 Å². The summed E-state index contributed by atoms with van der Waals surface area (Å²) in [5, 5.41) is 5.77. The van der Waals surface area contributed by atoms with E-state index in [2.05, 4.69) is 43.5 Å². The topological polar surface area (TPSA) is 93.7 Å². The van der Waals surface area contributed by atoms with Gasteiger partial charge in [-0.15, -0.1) is 0 Å². The molecule has 3 rings (SSSR count). The number of hydrogen-bond acceptors (Lipinski definition) is 5. The molecule has 0 aromatic heterocycles. The van der Waals surface area contributed by atoms with E-state index in [1.807, 2.05) is 30.3 Å². The van der Waals surface area contributed by atoms with Gasteiger partial charge in [0.1, 0.15) is 11.5 Å². The summed E-state index contributed by atoms with van der Waals surface area (Å²) >= 11 is 0. The third kappa shape index (κ3) is 8.79. The molecule has 0 aliphatic heterocycles.